The fourth-order valence-corrected chi connectivity index (χ4v) is 1.19. The Hall–Kier alpha value is -0.690. The molecule has 0 aromatic rings. The molecule has 0 aromatic carbocycles. The van der Waals surface area contributed by atoms with Crippen LogP contribution in [0, 0.1) is 0 Å². The molecular formula is C7H13NO5. The molecular weight excluding hydrogens is 178 g/mol. The monoisotopic (exact) mass is 191 g/mol. The summed E-state index contributed by atoms with van der Waals surface area (Å²) in [6, 6.07) is -0.670. The molecule has 0 unspecified atom stereocenters. The first-order chi connectivity index (χ1) is 6.02. The van der Waals surface area contributed by atoms with E-state index in [1.54, 1.807) is 0 Å². The molecule has 0 radical (unpaired) electrons. The van der Waals surface area contributed by atoms with E-state index >= 15 is 0 Å². The number of carbonyl (C=O) groups is 1. The molecule has 13 heavy (non-hydrogen) atoms. The topological polar surface area (TPSA) is 99.0 Å². The summed E-state index contributed by atoms with van der Waals surface area (Å²) in [5.74, 6) is -0.323. The number of amides is 1. The first-order valence-electron chi connectivity index (χ1n) is 3.95. The second kappa shape index (κ2) is 4.01. The SMILES string of the molecule is CC(=O)N[C@H]1CO[C@@H](O)[C@H](O)[C@@H]1O. The molecule has 4 atom stereocenters. The summed E-state index contributed by atoms with van der Waals surface area (Å²) in [4.78, 5) is 10.6. The molecule has 4 N–H and O–H groups in total. The van der Waals surface area contributed by atoms with Crippen LogP contribution in [0.15, 0.2) is 0 Å². The zero-order valence-corrected chi connectivity index (χ0v) is 7.17. The number of aliphatic hydroxyl groups is 3. The van der Waals surface area contributed by atoms with E-state index in [1.165, 1.54) is 6.92 Å². The minimum atomic E-state index is -1.39. The molecule has 0 aromatic heterocycles. The molecule has 0 spiro atoms. The van der Waals surface area contributed by atoms with E-state index in [1.807, 2.05) is 0 Å². The zero-order chi connectivity index (χ0) is 10.0. The van der Waals surface area contributed by atoms with Crippen LogP contribution in [0.3, 0.4) is 0 Å². The highest BCUT2D eigenvalue weighted by Crippen LogP contribution is 2.13. The predicted octanol–water partition coefficient (Wildman–Crippen LogP) is -2.44. The molecule has 6 nitrogen and oxygen atoms in total. The summed E-state index contributed by atoms with van der Waals surface area (Å²) in [5.41, 5.74) is 0. The summed E-state index contributed by atoms with van der Waals surface area (Å²) in [7, 11) is 0. The van der Waals surface area contributed by atoms with Crippen molar-refractivity contribution in [3.8, 4) is 0 Å². The van der Waals surface area contributed by atoms with Crippen LogP contribution < -0.4 is 5.32 Å². The van der Waals surface area contributed by atoms with E-state index in [2.05, 4.69) is 5.32 Å². The molecule has 6 heteroatoms. The van der Waals surface area contributed by atoms with Gasteiger partial charge in [0.25, 0.3) is 0 Å². The molecule has 1 saturated heterocycles. The van der Waals surface area contributed by atoms with E-state index in [0.717, 1.165) is 0 Å². The Morgan fingerprint density at radius 3 is 2.54 bits per heavy atom. The van der Waals surface area contributed by atoms with Crippen molar-refractivity contribution < 1.29 is 24.9 Å². The Morgan fingerprint density at radius 2 is 2.00 bits per heavy atom. The minimum absolute atomic E-state index is 0.0149. The number of hydrogen-bond acceptors (Lipinski definition) is 5. The molecule has 1 aliphatic rings. The van der Waals surface area contributed by atoms with Crippen molar-refractivity contribution in [2.75, 3.05) is 6.61 Å². The number of hydrogen-bond donors (Lipinski definition) is 4. The van der Waals surface area contributed by atoms with Crippen LogP contribution in [-0.4, -0.2) is 52.4 Å². The molecule has 1 amide bonds. The Kier molecular flexibility index (Phi) is 3.21. The highest BCUT2D eigenvalue weighted by atomic mass is 16.6. The van der Waals surface area contributed by atoms with Crippen molar-refractivity contribution in [1.82, 2.24) is 5.32 Å². The Bertz CT molecular complexity index is 197. The van der Waals surface area contributed by atoms with Crippen molar-refractivity contribution in [2.45, 2.75) is 31.5 Å². The largest absolute Gasteiger partial charge is 0.388 e. The van der Waals surface area contributed by atoms with Crippen LogP contribution in [0.25, 0.3) is 0 Å². The van der Waals surface area contributed by atoms with E-state index in [0.29, 0.717) is 0 Å². The molecule has 1 fully saturated rings. The van der Waals surface area contributed by atoms with E-state index in [4.69, 9.17) is 14.9 Å². The van der Waals surface area contributed by atoms with Crippen LogP contribution in [0.5, 0.6) is 0 Å². The van der Waals surface area contributed by atoms with Crippen LogP contribution in [-0.2, 0) is 9.53 Å². The number of ether oxygens (including phenoxy) is 1. The maximum absolute atomic E-state index is 10.6. The highest BCUT2D eigenvalue weighted by Gasteiger charge is 2.37. The lowest BCUT2D eigenvalue weighted by Crippen LogP contribution is -2.58. The summed E-state index contributed by atoms with van der Waals surface area (Å²) >= 11 is 0. The lowest BCUT2D eigenvalue weighted by molar-refractivity contribution is -0.229. The van der Waals surface area contributed by atoms with Crippen molar-refractivity contribution in [2.24, 2.45) is 0 Å². The Morgan fingerprint density at radius 1 is 1.38 bits per heavy atom. The van der Waals surface area contributed by atoms with Gasteiger partial charge in [-0.05, 0) is 0 Å². The lowest BCUT2D eigenvalue weighted by Gasteiger charge is -2.35. The average molecular weight is 191 g/mol. The van der Waals surface area contributed by atoms with E-state index in [9.17, 15) is 9.90 Å². The molecule has 1 heterocycles. The number of carbonyl (C=O) groups excluding carboxylic acids is 1. The van der Waals surface area contributed by atoms with Gasteiger partial charge in [-0.15, -0.1) is 0 Å². The van der Waals surface area contributed by atoms with Crippen LogP contribution in [0.2, 0.25) is 0 Å². The quantitative estimate of drug-likeness (QED) is 0.369. The fourth-order valence-electron chi connectivity index (χ4n) is 1.19. The number of nitrogens with one attached hydrogen (secondary N) is 1. The van der Waals surface area contributed by atoms with Gasteiger partial charge in [0.1, 0.15) is 12.2 Å². The fraction of sp³-hybridized carbons (Fsp3) is 0.857. The summed E-state index contributed by atoms with van der Waals surface area (Å²) in [5, 5.41) is 29.9. The van der Waals surface area contributed by atoms with Gasteiger partial charge in [-0.3, -0.25) is 4.79 Å². The predicted molar refractivity (Wildman–Crippen MR) is 41.6 cm³/mol. The molecule has 0 aliphatic carbocycles. The van der Waals surface area contributed by atoms with Gasteiger partial charge in [-0.25, -0.2) is 0 Å². The van der Waals surface area contributed by atoms with Gasteiger partial charge in [-0.1, -0.05) is 0 Å². The van der Waals surface area contributed by atoms with Gasteiger partial charge in [0.2, 0.25) is 5.91 Å². The van der Waals surface area contributed by atoms with Crippen molar-refractivity contribution in [1.29, 1.82) is 0 Å². The average Bonchev–Trinajstić information content (AvgIpc) is 2.06. The molecule has 1 aliphatic heterocycles. The minimum Gasteiger partial charge on any atom is -0.388 e. The summed E-state index contributed by atoms with van der Waals surface area (Å²) in [6.45, 7) is 1.28. The van der Waals surface area contributed by atoms with E-state index < -0.39 is 24.5 Å². The first kappa shape index (κ1) is 10.4. The Labute approximate surface area is 75.1 Å². The third-order valence-electron chi connectivity index (χ3n) is 1.89. The second-order valence-electron chi connectivity index (χ2n) is 3.01. The molecule has 1 rings (SSSR count). The van der Waals surface area contributed by atoms with Crippen molar-refractivity contribution >= 4 is 5.91 Å². The molecule has 76 valence electrons. The maximum atomic E-state index is 10.6. The normalized spacial score (nSPS) is 40.0. The van der Waals surface area contributed by atoms with E-state index in [-0.39, 0.29) is 12.5 Å². The Balaban J connectivity index is 2.53. The highest BCUT2D eigenvalue weighted by molar-refractivity contribution is 5.73. The third kappa shape index (κ3) is 2.38. The van der Waals surface area contributed by atoms with Gasteiger partial charge >= 0.3 is 0 Å². The number of aliphatic hydroxyl groups excluding tert-OH is 3. The van der Waals surface area contributed by atoms with Gasteiger partial charge in [0.15, 0.2) is 6.29 Å². The number of rotatable bonds is 1. The first-order valence-corrected chi connectivity index (χ1v) is 3.95. The zero-order valence-electron chi connectivity index (χ0n) is 7.17. The van der Waals surface area contributed by atoms with Crippen LogP contribution >= 0.6 is 0 Å². The smallest absolute Gasteiger partial charge is 0.217 e. The summed E-state index contributed by atoms with van der Waals surface area (Å²) < 4.78 is 4.70. The van der Waals surface area contributed by atoms with Gasteiger partial charge < -0.3 is 25.4 Å². The van der Waals surface area contributed by atoms with Gasteiger partial charge in [0.05, 0.1) is 12.6 Å². The van der Waals surface area contributed by atoms with Crippen molar-refractivity contribution in [3.05, 3.63) is 0 Å². The third-order valence-corrected chi connectivity index (χ3v) is 1.89. The molecule has 0 saturated carbocycles. The van der Waals surface area contributed by atoms with Crippen LogP contribution in [0.4, 0.5) is 0 Å². The lowest BCUT2D eigenvalue weighted by atomic mass is 10.0. The molecule has 0 bridgehead atoms. The second-order valence-corrected chi connectivity index (χ2v) is 3.01. The standard InChI is InChI=1S/C7H13NO5/c1-3(9)8-4-2-13-7(12)6(11)5(4)10/h4-7,10-12H,2H2,1H3,(H,8,9)/t4-,5+,6+,7+/m0/s1. The maximum Gasteiger partial charge on any atom is 0.217 e. The van der Waals surface area contributed by atoms with Crippen LogP contribution in [0.1, 0.15) is 6.92 Å². The summed E-state index contributed by atoms with van der Waals surface area (Å²) in [6.07, 6.45) is -3.97. The van der Waals surface area contributed by atoms with Crippen molar-refractivity contribution in [3.63, 3.8) is 0 Å². The van der Waals surface area contributed by atoms with Gasteiger partial charge in [0, 0.05) is 6.92 Å². The van der Waals surface area contributed by atoms with Gasteiger partial charge in [-0.2, -0.15) is 0 Å².